The number of carbonyl (C=O) groups is 2. The summed E-state index contributed by atoms with van der Waals surface area (Å²) in [6.07, 6.45) is 5.91. The van der Waals surface area contributed by atoms with Crippen molar-refractivity contribution < 1.29 is 29.3 Å². The highest BCUT2D eigenvalue weighted by atomic mass is 16.7. The average Bonchev–Trinajstić information content (AvgIpc) is 3.39. The molecule has 0 aromatic heterocycles. The molecule has 2 aromatic carbocycles. The van der Waals surface area contributed by atoms with Crippen molar-refractivity contribution in [3.63, 3.8) is 0 Å². The van der Waals surface area contributed by atoms with Gasteiger partial charge in [-0.25, -0.2) is 4.79 Å². The molecule has 1 amide bonds. The van der Waals surface area contributed by atoms with E-state index in [9.17, 15) is 19.8 Å². The van der Waals surface area contributed by atoms with E-state index in [1.807, 2.05) is 41.3 Å². The molecule has 2 heterocycles. The van der Waals surface area contributed by atoms with Crippen LogP contribution in [0, 0.1) is 0 Å². The molecule has 2 aliphatic heterocycles. The molecule has 168 valence electrons. The summed E-state index contributed by atoms with van der Waals surface area (Å²) in [7, 11) is 0. The Morgan fingerprint density at radius 1 is 1.19 bits per heavy atom. The quantitative estimate of drug-likeness (QED) is 0.585. The van der Waals surface area contributed by atoms with Crippen molar-refractivity contribution in [2.45, 2.75) is 44.2 Å². The Labute approximate surface area is 186 Å². The van der Waals surface area contributed by atoms with Gasteiger partial charge in [-0.1, -0.05) is 36.4 Å². The molecule has 0 bridgehead atoms. The Balaban J connectivity index is 1.31. The molecule has 1 fully saturated rings. The number of carboxylic acid groups (broad SMARTS) is 1. The summed E-state index contributed by atoms with van der Waals surface area (Å²) in [5.41, 5.74) is 2.03. The smallest absolute Gasteiger partial charge is 0.335 e. The molecule has 7 nitrogen and oxygen atoms in total. The number of benzene rings is 2. The summed E-state index contributed by atoms with van der Waals surface area (Å²) in [6.45, 7) is 0.773. The second-order valence-electron chi connectivity index (χ2n) is 8.10. The van der Waals surface area contributed by atoms with Crippen molar-refractivity contribution in [3.8, 4) is 11.5 Å². The molecule has 1 saturated heterocycles. The van der Waals surface area contributed by atoms with Crippen molar-refractivity contribution >= 4 is 11.9 Å². The Bertz CT molecular complexity index is 1020. The minimum atomic E-state index is -0.935. The monoisotopic (exact) mass is 437 g/mol. The maximum Gasteiger partial charge on any atom is 0.335 e. The molecular formula is C25H27NO6. The average molecular weight is 437 g/mol. The fraction of sp³-hybridized carbons (Fsp3) is 0.360. The molecule has 0 radical (unpaired) electrons. The van der Waals surface area contributed by atoms with Crippen LogP contribution in [0.25, 0.3) is 0 Å². The Hall–Kier alpha value is -3.32. The van der Waals surface area contributed by atoms with Crippen LogP contribution in [0.1, 0.15) is 40.7 Å². The number of nitrogens with zero attached hydrogens (tertiary/aromatic N) is 1. The van der Waals surface area contributed by atoms with Crippen LogP contribution < -0.4 is 9.47 Å². The predicted octanol–water partition coefficient (Wildman–Crippen LogP) is 3.20. The van der Waals surface area contributed by atoms with Crippen LogP contribution >= 0.6 is 0 Å². The molecule has 1 unspecified atom stereocenters. The topological polar surface area (TPSA) is 96.3 Å². The third-order valence-electron chi connectivity index (χ3n) is 5.90. The highest BCUT2D eigenvalue weighted by molar-refractivity contribution is 5.89. The zero-order chi connectivity index (χ0) is 22.5. The SMILES string of the molecule is O=C(O)c1ccccc1CCCN1C(=O)CC[C@@H]1C=CC(O)Cc1ccc2c(c1)OCO2. The minimum Gasteiger partial charge on any atom is -0.478 e. The van der Waals surface area contributed by atoms with Crippen LogP contribution in [0.15, 0.2) is 54.6 Å². The minimum absolute atomic E-state index is 0.0522. The van der Waals surface area contributed by atoms with Gasteiger partial charge in [0.15, 0.2) is 11.5 Å². The first-order chi connectivity index (χ1) is 15.5. The lowest BCUT2D eigenvalue weighted by Gasteiger charge is -2.23. The number of rotatable bonds is 9. The Morgan fingerprint density at radius 2 is 2.00 bits per heavy atom. The standard InChI is InChI=1S/C25H27NO6/c27-20(14-17-7-11-22-23(15-17)32-16-31-22)10-8-19-9-12-24(28)26(19)13-3-5-18-4-1-2-6-21(18)25(29)30/h1-2,4,6-8,10-11,15,19-20,27H,3,5,9,12-14,16H2,(H,29,30)/t19-,20?/m0/s1. The molecule has 0 saturated carbocycles. The van der Waals surface area contributed by atoms with Gasteiger partial charge in [-0.15, -0.1) is 0 Å². The second kappa shape index (κ2) is 9.87. The van der Waals surface area contributed by atoms with Gasteiger partial charge in [0.05, 0.1) is 17.7 Å². The maximum atomic E-state index is 12.4. The van der Waals surface area contributed by atoms with Crippen LogP contribution in [0.5, 0.6) is 11.5 Å². The number of carbonyl (C=O) groups excluding carboxylic acids is 1. The summed E-state index contributed by atoms with van der Waals surface area (Å²) < 4.78 is 10.7. The summed E-state index contributed by atoms with van der Waals surface area (Å²) in [6, 6.07) is 12.5. The second-order valence-corrected chi connectivity index (χ2v) is 8.10. The lowest BCUT2D eigenvalue weighted by molar-refractivity contribution is -0.128. The number of likely N-dealkylation sites (tertiary alicyclic amines) is 1. The van der Waals surface area contributed by atoms with Crippen LogP contribution in [0.2, 0.25) is 0 Å². The first kappa shape index (κ1) is 21.9. The highest BCUT2D eigenvalue weighted by Gasteiger charge is 2.28. The molecule has 32 heavy (non-hydrogen) atoms. The third-order valence-corrected chi connectivity index (χ3v) is 5.90. The van der Waals surface area contributed by atoms with E-state index >= 15 is 0 Å². The van der Waals surface area contributed by atoms with E-state index in [0.717, 1.165) is 17.5 Å². The first-order valence-corrected chi connectivity index (χ1v) is 10.9. The van der Waals surface area contributed by atoms with Crippen molar-refractivity contribution in [2.24, 2.45) is 0 Å². The molecule has 2 aliphatic rings. The lowest BCUT2D eigenvalue weighted by Crippen LogP contribution is -2.33. The van der Waals surface area contributed by atoms with Crippen LogP contribution in [0.4, 0.5) is 0 Å². The zero-order valence-electron chi connectivity index (χ0n) is 17.8. The number of fused-ring (bicyclic) bond motifs is 1. The molecule has 0 spiro atoms. The van der Waals surface area contributed by atoms with E-state index in [1.54, 1.807) is 18.2 Å². The van der Waals surface area contributed by atoms with Crippen LogP contribution in [-0.2, 0) is 17.6 Å². The number of aryl methyl sites for hydroxylation is 1. The number of hydrogen-bond acceptors (Lipinski definition) is 5. The van der Waals surface area contributed by atoms with Gasteiger partial charge in [0.1, 0.15) is 0 Å². The van der Waals surface area contributed by atoms with Crippen molar-refractivity contribution in [1.29, 1.82) is 0 Å². The van der Waals surface area contributed by atoms with E-state index in [2.05, 4.69) is 0 Å². The summed E-state index contributed by atoms with van der Waals surface area (Å²) >= 11 is 0. The number of ether oxygens (including phenoxy) is 2. The molecule has 4 rings (SSSR count). The largest absolute Gasteiger partial charge is 0.478 e. The molecule has 7 heteroatoms. The summed E-state index contributed by atoms with van der Waals surface area (Å²) in [5, 5.41) is 19.8. The molecule has 2 N–H and O–H groups in total. The maximum absolute atomic E-state index is 12.4. The van der Waals surface area contributed by atoms with Gasteiger partial charge in [0, 0.05) is 19.4 Å². The fourth-order valence-electron chi connectivity index (χ4n) is 4.27. The number of aromatic carboxylic acids is 1. The van der Waals surface area contributed by atoms with Gasteiger partial charge >= 0.3 is 5.97 Å². The van der Waals surface area contributed by atoms with Crippen molar-refractivity contribution in [1.82, 2.24) is 4.90 Å². The lowest BCUT2D eigenvalue weighted by atomic mass is 10.0. The van der Waals surface area contributed by atoms with Crippen molar-refractivity contribution in [2.75, 3.05) is 13.3 Å². The third kappa shape index (κ3) is 5.11. The normalized spacial score (nSPS) is 18.5. The number of aliphatic hydroxyl groups excluding tert-OH is 1. The van der Waals surface area contributed by atoms with E-state index in [4.69, 9.17) is 9.47 Å². The van der Waals surface area contributed by atoms with Gasteiger partial charge in [-0.2, -0.15) is 0 Å². The summed E-state index contributed by atoms with van der Waals surface area (Å²) in [4.78, 5) is 25.6. The fourth-order valence-corrected chi connectivity index (χ4v) is 4.27. The molecule has 0 aliphatic carbocycles. The Morgan fingerprint density at radius 3 is 2.84 bits per heavy atom. The van der Waals surface area contributed by atoms with Crippen molar-refractivity contribution in [3.05, 3.63) is 71.3 Å². The zero-order valence-corrected chi connectivity index (χ0v) is 17.8. The number of aliphatic hydroxyl groups is 1. The Kier molecular flexibility index (Phi) is 6.75. The van der Waals surface area contributed by atoms with E-state index in [-0.39, 0.29) is 18.7 Å². The first-order valence-electron chi connectivity index (χ1n) is 10.9. The van der Waals surface area contributed by atoms with Gasteiger partial charge in [0.25, 0.3) is 0 Å². The van der Waals surface area contributed by atoms with Crippen LogP contribution in [0.3, 0.4) is 0 Å². The van der Waals surface area contributed by atoms with Gasteiger partial charge in [-0.05, 0) is 48.6 Å². The molecular weight excluding hydrogens is 410 g/mol. The van der Waals surface area contributed by atoms with E-state index in [1.165, 1.54) is 0 Å². The van der Waals surface area contributed by atoms with E-state index in [0.29, 0.717) is 49.3 Å². The van der Waals surface area contributed by atoms with Gasteiger partial charge in [0.2, 0.25) is 12.7 Å². The number of hydrogen-bond donors (Lipinski definition) is 2. The molecule has 2 aromatic rings. The molecule has 2 atom stereocenters. The number of carboxylic acids is 1. The highest BCUT2D eigenvalue weighted by Crippen LogP contribution is 2.32. The summed E-state index contributed by atoms with van der Waals surface area (Å²) in [5.74, 6) is 0.562. The van der Waals surface area contributed by atoms with E-state index < -0.39 is 12.1 Å². The van der Waals surface area contributed by atoms with Crippen LogP contribution in [-0.4, -0.2) is 52.5 Å². The van der Waals surface area contributed by atoms with Gasteiger partial charge in [-0.3, -0.25) is 4.79 Å². The number of amides is 1. The van der Waals surface area contributed by atoms with Gasteiger partial charge < -0.3 is 24.6 Å². The predicted molar refractivity (Wildman–Crippen MR) is 118 cm³/mol.